The summed E-state index contributed by atoms with van der Waals surface area (Å²) >= 11 is 1.42. The maximum Gasteiger partial charge on any atom is 0.276 e. The van der Waals surface area contributed by atoms with E-state index in [-0.39, 0.29) is 12.0 Å². The van der Waals surface area contributed by atoms with E-state index in [4.69, 9.17) is 18.6 Å². The molecule has 9 heteroatoms. The van der Waals surface area contributed by atoms with Gasteiger partial charge >= 0.3 is 0 Å². The number of para-hydroxylation sites is 2. The number of carbonyl (C=O) groups excluding carboxylic acids is 1. The van der Waals surface area contributed by atoms with Crippen molar-refractivity contribution in [1.82, 2.24) is 10.2 Å². The number of hydrogen-bond donors (Lipinski definition) is 1. The summed E-state index contributed by atoms with van der Waals surface area (Å²) in [6.45, 7) is 0.467. The Morgan fingerprint density at radius 1 is 1.03 bits per heavy atom. The molecule has 34 heavy (non-hydrogen) atoms. The Hall–Kier alpha value is -3.98. The van der Waals surface area contributed by atoms with Gasteiger partial charge in [-0.05, 0) is 60.7 Å². The van der Waals surface area contributed by atoms with E-state index < -0.39 is 0 Å². The van der Waals surface area contributed by atoms with Crippen LogP contribution in [-0.2, 0) is 0 Å². The SMILES string of the molecule is COc1ccc(C(=O)Nc2ccc(-c3nnc(SCC4COc5ccccc5O4)o3)cc2)cc1. The zero-order chi connectivity index (χ0) is 23.3. The summed E-state index contributed by atoms with van der Waals surface area (Å²) in [7, 11) is 1.58. The molecule has 5 rings (SSSR count). The van der Waals surface area contributed by atoms with Gasteiger partial charge in [0.15, 0.2) is 11.5 Å². The van der Waals surface area contributed by atoms with Crippen molar-refractivity contribution in [1.29, 1.82) is 0 Å². The van der Waals surface area contributed by atoms with Crippen molar-refractivity contribution in [2.75, 3.05) is 24.8 Å². The molecule has 0 saturated heterocycles. The van der Waals surface area contributed by atoms with Crippen LogP contribution in [0.25, 0.3) is 11.5 Å². The third kappa shape index (κ3) is 4.99. The van der Waals surface area contributed by atoms with E-state index in [1.54, 1.807) is 43.5 Å². The first-order chi connectivity index (χ1) is 16.7. The second kappa shape index (κ2) is 9.88. The van der Waals surface area contributed by atoms with E-state index in [1.165, 1.54) is 11.8 Å². The van der Waals surface area contributed by atoms with E-state index in [0.717, 1.165) is 17.1 Å². The van der Waals surface area contributed by atoms with Crippen LogP contribution >= 0.6 is 11.8 Å². The van der Waals surface area contributed by atoms with Crippen LogP contribution < -0.4 is 19.5 Å². The average Bonchev–Trinajstić information content (AvgIpc) is 3.37. The minimum Gasteiger partial charge on any atom is -0.497 e. The molecule has 1 amide bonds. The first-order valence-corrected chi connectivity index (χ1v) is 11.6. The van der Waals surface area contributed by atoms with Gasteiger partial charge in [-0.3, -0.25) is 4.79 Å². The van der Waals surface area contributed by atoms with Crippen molar-refractivity contribution in [3.8, 4) is 28.7 Å². The molecule has 1 aliphatic heterocycles. The molecule has 0 aliphatic carbocycles. The zero-order valence-electron chi connectivity index (χ0n) is 18.3. The number of fused-ring (bicyclic) bond motifs is 1. The monoisotopic (exact) mass is 475 g/mol. The van der Waals surface area contributed by atoms with E-state index >= 15 is 0 Å². The molecule has 1 N–H and O–H groups in total. The van der Waals surface area contributed by atoms with Gasteiger partial charge in [0, 0.05) is 22.6 Å². The summed E-state index contributed by atoms with van der Waals surface area (Å²) in [6, 6.07) is 21.7. The van der Waals surface area contributed by atoms with Crippen LogP contribution in [0.5, 0.6) is 17.2 Å². The van der Waals surface area contributed by atoms with Gasteiger partial charge < -0.3 is 23.9 Å². The predicted molar refractivity (Wildman–Crippen MR) is 128 cm³/mol. The third-order valence-corrected chi connectivity index (χ3v) is 6.06. The number of rotatable bonds is 7. The van der Waals surface area contributed by atoms with Crippen LogP contribution in [0, 0.1) is 0 Å². The maximum absolute atomic E-state index is 12.4. The van der Waals surface area contributed by atoms with Gasteiger partial charge in [0.2, 0.25) is 5.89 Å². The zero-order valence-corrected chi connectivity index (χ0v) is 19.1. The van der Waals surface area contributed by atoms with Crippen LogP contribution in [0.3, 0.4) is 0 Å². The number of anilines is 1. The number of carbonyl (C=O) groups is 1. The summed E-state index contributed by atoms with van der Waals surface area (Å²) < 4.78 is 22.6. The second-order valence-electron chi connectivity index (χ2n) is 7.44. The highest BCUT2D eigenvalue weighted by Gasteiger charge is 2.22. The largest absolute Gasteiger partial charge is 0.497 e. The van der Waals surface area contributed by atoms with Gasteiger partial charge in [-0.15, -0.1) is 10.2 Å². The Labute approximate surface area is 200 Å². The fourth-order valence-electron chi connectivity index (χ4n) is 3.34. The summed E-state index contributed by atoms with van der Waals surface area (Å²) in [5.74, 6) is 3.01. The van der Waals surface area contributed by atoms with Crippen molar-refractivity contribution in [3.05, 3.63) is 78.4 Å². The number of nitrogens with zero attached hydrogens (tertiary/aromatic N) is 2. The predicted octanol–water partition coefficient (Wildman–Crippen LogP) is 4.93. The lowest BCUT2D eigenvalue weighted by molar-refractivity contribution is 0.102. The molecule has 1 unspecified atom stereocenters. The maximum atomic E-state index is 12.4. The van der Waals surface area contributed by atoms with Gasteiger partial charge in [-0.2, -0.15) is 0 Å². The molecular weight excluding hydrogens is 454 g/mol. The van der Waals surface area contributed by atoms with Crippen molar-refractivity contribution in [2.45, 2.75) is 11.3 Å². The normalized spacial score (nSPS) is 14.4. The number of benzene rings is 3. The smallest absolute Gasteiger partial charge is 0.276 e. The Balaban J connectivity index is 1.16. The molecule has 172 valence electrons. The van der Waals surface area contributed by atoms with E-state index in [1.807, 2.05) is 36.4 Å². The molecule has 2 heterocycles. The number of methoxy groups -OCH3 is 1. The number of hydrogen-bond acceptors (Lipinski definition) is 8. The molecule has 0 spiro atoms. The van der Waals surface area contributed by atoms with Gasteiger partial charge in [0.1, 0.15) is 18.5 Å². The molecule has 0 bridgehead atoms. The average molecular weight is 476 g/mol. The second-order valence-corrected chi connectivity index (χ2v) is 8.41. The molecule has 1 atom stereocenters. The lowest BCUT2D eigenvalue weighted by Crippen LogP contribution is -2.31. The molecule has 4 aromatic rings. The highest BCUT2D eigenvalue weighted by atomic mass is 32.2. The quantitative estimate of drug-likeness (QED) is 0.376. The first kappa shape index (κ1) is 21.8. The highest BCUT2D eigenvalue weighted by molar-refractivity contribution is 7.99. The summed E-state index contributed by atoms with van der Waals surface area (Å²) in [4.78, 5) is 12.4. The summed E-state index contributed by atoms with van der Waals surface area (Å²) in [5, 5.41) is 11.6. The molecule has 1 aromatic heterocycles. The van der Waals surface area contributed by atoms with Crippen LogP contribution in [-0.4, -0.2) is 41.7 Å². The Morgan fingerprint density at radius 2 is 1.79 bits per heavy atom. The summed E-state index contributed by atoms with van der Waals surface area (Å²) in [6.07, 6.45) is -0.108. The van der Waals surface area contributed by atoms with Crippen molar-refractivity contribution in [3.63, 3.8) is 0 Å². The molecule has 3 aromatic carbocycles. The minimum absolute atomic E-state index is 0.108. The van der Waals surface area contributed by atoms with Crippen LogP contribution in [0.15, 0.2) is 82.4 Å². The Bertz CT molecular complexity index is 1270. The fraction of sp³-hybridized carbons (Fsp3) is 0.160. The molecule has 0 fully saturated rings. The lowest BCUT2D eigenvalue weighted by atomic mass is 10.1. The number of thioether (sulfide) groups is 1. The van der Waals surface area contributed by atoms with Crippen LogP contribution in [0.2, 0.25) is 0 Å². The molecular formula is C25H21N3O5S. The standard InChI is InChI=1S/C25H21N3O5S/c1-30-19-12-8-16(9-13-19)23(29)26-18-10-6-17(7-11-18)24-27-28-25(33-24)34-15-20-14-31-21-4-2-3-5-22(21)32-20/h2-13,20H,14-15H2,1H3,(H,26,29). The molecule has 0 saturated carbocycles. The topological polar surface area (TPSA) is 95.7 Å². The van der Waals surface area contributed by atoms with E-state index in [9.17, 15) is 4.79 Å². The first-order valence-electron chi connectivity index (χ1n) is 10.6. The fourth-order valence-corrected chi connectivity index (χ4v) is 4.07. The van der Waals surface area contributed by atoms with Crippen LogP contribution in [0.4, 0.5) is 5.69 Å². The third-order valence-electron chi connectivity index (χ3n) is 5.11. The minimum atomic E-state index is -0.205. The molecule has 1 aliphatic rings. The van der Waals surface area contributed by atoms with Gasteiger partial charge in [0.05, 0.1) is 7.11 Å². The summed E-state index contributed by atoms with van der Waals surface area (Å²) in [5.41, 5.74) is 1.96. The van der Waals surface area contributed by atoms with Gasteiger partial charge in [-0.25, -0.2) is 0 Å². The van der Waals surface area contributed by atoms with E-state index in [2.05, 4.69) is 15.5 Å². The lowest BCUT2D eigenvalue weighted by Gasteiger charge is -2.25. The van der Waals surface area contributed by atoms with Crippen molar-refractivity contribution >= 4 is 23.4 Å². The molecule has 0 radical (unpaired) electrons. The number of ether oxygens (including phenoxy) is 3. The molecule has 8 nitrogen and oxygen atoms in total. The van der Waals surface area contributed by atoms with Gasteiger partial charge in [0.25, 0.3) is 11.1 Å². The Kier molecular flexibility index (Phi) is 6.35. The van der Waals surface area contributed by atoms with Crippen LogP contribution in [0.1, 0.15) is 10.4 Å². The number of amides is 1. The number of nitrogens with one attached hydrogen (secondary N) is 1. The Morgan fingerprint density at radius 3 is 2.56 bits per heavy atom. The number of aromatic nitrogens is 2. The van der Waals surface area contributed by atoms with Crippen molar-refractivity contribution in [2.24, 2.45) is 0 Å². The van der Waals surface area contributed by atoms with E-state index in [0.29, 0.717) is 40.5 Å². The van der Waals surface area contributed by atoms with Gasteiger partial charge in [-0.1, -0.05) is 23.9 Å². The van der Waals surface area contributed by atoms with Crippen molar-refractivity contribution < 1.29 is 23.4 Å². The highest BCUT2D eigenvalue weighted by Crippen LogP contribution is 2.33.